The second kappa shape index (κ2) is 6.78. The summed E-state index contributed by atoms with van der Waals surface area (Å²) in [5.41, 5.74) is 0. The molecule has 0 atom stereocenters. The van der Waals surface area contributed by atoms with Gasteiger partial charge in [-0.1, -0.05) is 0 Å². The molecule has 0 bridgehead atoms. The quantitative estimate of drug-likeness (QED) is 0.763. The minimum atomic E-state index is -4.67. The Morgan fingerprint density at radius 3 is 2.20 bits per heavy atom. The van der Waals surface area contributed by atoms with Crippen LogP contribution in [0.1, 0.15) is 19.3 Å². The molecule has 1 aliphatic rings. The summed E-state index contributed by atoms with van der Waals surface area (Å²) in [6, 6.07) is -1.22. The lowest BCUT2D eigenvalue weighted by Gasteiger charge is -2.39. The minimum absolute atomic E-state index is 0.0997. The number of amides is 2. The number of urea groups is 1. The van der Waals surface area contributed by atoms with Crippen LogP contribution in [0.5, 0.6) is 0 Å². The zero-order chi connectivity index (χ0) is 15.3. The first kappa shape index (κ1) is 16.5. The Morgan fingerprint density at radius 1 is 1.25 bits per heavy atom. The van der Waals surface area contributed by atoms with Gasteiger partial charge in [0, 0.05) is 12.6 Å². The lowest BCUT2D eigenvalue weighted by atomic mass is 9.91. The lowest BCUT2D eigenvalue weighted by Crippen LogP contribution is -2.54. The van der Waals surface area contributed by atoms with Gasteiger partial charge in [-0.3, -0.25) is 4.79 Å². The first-order chi connectivity index (χ1) is 9.24. The number of carbonyl (C=O) groups excluding carboxylic acids is 1. The molecule has 0 aromatic carbocycles. The summed E-state index contributed by atoms with van der Waals surface area (Å²) < 4.78 is 37.2. The summed E-state index contributed by atoms with van der Waals surface area (Å²) in [5, 5.41) is 17.5. The van der Waals surface area contributed by atoms with E-state index in [1.54, 1.807) is 0 Å². The molecule has 20 heavy (non-hydrogen) atoms. The molecule has 0 spiro atoms. The van der Waals surface area contributed by atoms with Crippen molar-refractivity contribution in [3.63, 3.8) is 0 Å². The van der Waals surface area contributed by atoms with Crippen LogP contribution in [-0.4, -0.2) is 70.5 Å². The molecule has 6 nitrogen and oxygen atoms in total. The van der Waals surface area contributed by atoms with E-state index in [0.717, 1.165) is 11.3 Å². The molecule has 1 saturated carbocycles. The SMILES string of the molecule is O=C(O)CN(CC(F)(F)F)C(=O)N(CCO)C1CCC1. The fraction of sp³-hybridized carbons (Fsp3) is 0.818. The molecule has 1 fully saturated rings. The van der Waals surface area contributed by atoms with Gasteiger partial charge in [-0.25, -0.2) is 4.79 Å². The Morgan fingerprint density at radius 2 is 1.85 bits per heavy atom. The Labute approximate surface area is 113 Å². The van der Waals surface area contributed by atoms with Gasteiger partial charge in [-0.15, -0.1) is 0 Å². The van der Waals surface area contributed by atoms with Gasteiger partial charge in [0.2, 0.25) is 0 Å². The zero-order valence-electron chi connectivity index (χ0n) is 10.8. The number of carboxylic acid groups (broad SMARTS) is 1. The average molecular weight is 298 g/mol. The van der Waals surface area contributed by atoms with E-state index >= 15 is 0 Å². The number of hydrogen-bond acceptors (Lipinski definition) is 3. The molecular formula is C11H17F3N2O4. The number of carbonyl (C=O) groups is 2. The highest BCUT2D eigenvalue weighted by Gasteiger charge is 2.38. The predicted molar refractivity (Wildman–Crippen MR) is 62.1 cm³/mol. The third-order valence-corrected chi connectivity index (χ3v) is 3.07. The van der Waals surface area contributed by atoms with Crippen molar-refractivity contribution in [3.8, 4) is 0 Å². The summed E-state index contributed by atoms with van der Waals surface area (Å²) in [4.78, 5) is 24.0. The molecule has 0 saturated heterocycles. The van der Waals surface area contributed by atoms with Gasteiger partial charge in [0.05, 0.1) is 6.61 Å². The van der Waals surface area contributed by atoms with Crippen LogP contribution in [0.2, 0.25) is 0 Å². The van der Waals surface area contributed by atoms with Crippen LogP contribution in [-0.2, 0) is 4.79 Å². The molecule has 0 heterocycles. The number of carboxylic acids is 1. The Bertz CT molecular complexity index is 358. The molecular weight excluding hydrogens is 281 g/mol. The van der Waals surface area contributed by atoms with E-state index in [1.807, 2.05) is 0 Å². The van der Waals surface area contributed by atoms with E-state index < -0.39 is 31.3 Å². The number of aliphatic hydroxyl groups is 1. The van der Waals surface area contributed by atoms with Gasteiger partial charge < -0.3 is 20.0 Å². The van der Waals surface area contributed by atoms with E-state index in [2.05, 4.69) is 0 Å². The van der Waals surface area contributed by atoms with Crippen molar-refractivity contribution < 1.29 is 33.0 Å². The van der Waals surface area contributed by atoms with Crippen LogP contribution in [0.25, 0.3) is 0 Å². The highest BCUT2D eigenvalue weighted by molar-refractivity contribution is 5.80. The summed E-state index contributed by atoms with van der Waals surface area (Å²) in [6.07, 6.45) is -2.51. The van der Waals surface area contributed by atoms with Gasteiger partial charge in [0.1, 0.15) is 13.1 Å². The Kier molecular flexibility index (Phi) is 5.61. The standard InChI is InChI=1S/C11H17F3N2O4/c12-11(13,14)7-15(6-9(18)19)10(20)16(4-5-17)8-2-1-3-8/h8,17H,1-7H2,(H,18,19). The molecule has 0 unspecified atom stereocenters. The van der Waals surface area contributed by atoms with Crippen molar-refractivity contribution >= 4 is 12.0 Å². The smallest absolute Gasteiger partial charge is 0.406 e. The van der Waals surface area contributed by atoms with Crippen molar-refractivity contribution in [3.05, 3.63) is 0 Å². The number of nitrogens with zero attached hydrogens (tertiary/aromatic N) is 2. The van der Waals surface area contributed by atoms with E-state index in [-0.39, 0.29) is 24.1 Å². The molecule has 9 heteroatoms. The molecule has 1 aliphatic carbocycles. The molecule has 0 radical (unpaired) electrons. The van der Waals surface area contributed by atoms with Gasteiger partial charge >= 0.3 is 18.2 Å². The number of aliphatic hydroxyl groups excluding tert-OH is 1. The number of alkyl halides is 3. The van der Waals surface area contributed by atoms with Crippen molar-refractivity contribution in [2.45, 2.75) is 31.5 Å². The Hall–Kier alpha value is -1.51. The second-order valence-corrected chi connectivity index (χ2v) is 4.65. The number of halogens is 3. The Balaban J connectivity index is 2.79. The average Bonchev–Trinajstić information content (AvgIpc) is 2.21. The third kappa shape index (κ3) is 4.87. The first-order valence-corrected chi connectivity index (χ1v) is 6.19. The third-order valence-electron chi connectivity index (χ3n) is 3.07. The van der Waals surface area contributed by atoms with Crippen LogP contribution < -0.4 is 0 Å². The van der Waals surface area contributed by atoms with Gasteiger partial charge in [-0.2, -0.15) is 13.2 Å². The van der Waals surface area contributed by atoms with Crippen molar-refractivity contribution in [1.82, 2.24) is 9.80 Å². The normalized spacial score (nSPS) is 15.6. The van der Waals surface area contributed by atoms with Gasteiger partial charge in [0.25, 0.3) is 0 Å². The maximum Gasteiger partial charge on any atom is 0.406 e. The van der Waals surface area contributed by atoms with Crippen molar-refractivity contribution in [1.29, 1.82) is 0 Å². The molecule has 116 valence electrons. The van der Waals surface area contributed by atoms with E-state index in [0.29, 0.717) is 12.8 Å². The predicted octanol–water partition coefficient (Wildman–Crippen LogP) is 0.902. The van der Waals surface area contributed by atoms with E-state index in [1.165, 1.54) is 0 Å². The van der Waals surface area contributed by atoms with Crippen LogP contribution in [0, 0.1) is 0 Å². The number of rotatable bonds is 6. The fourth-order valence-corrected chi connectivity index (χ4v) is 1.99. The van der Waals surface area contributed by atoms with Crippen LogP contribution in [0.3, 0.4) is 0 Å². The van der Waals surface area contributed by atoms with Crippen LogP contribution >= 0.6 is 0 Å². The molecule has 2 N–H and O–H groups in total. The van der Waals surface area contributed by atoms with Gasteiger partial charge in [-0.05, 0) is 19.3 Å². The molecule has 0 aromatic rings. The second-order valence-electron chi connectivity index (χ2n) is 4.65. The van der Waals surface area contributed by atoms with Crippen molar-refractivity contribution in [2.75, 3.05) is 26.2 Å². The monoisotopic (exact) mass is 298 g/mol. The molecule has 0 aromatic heterocycles. The fourth-order valence-electron chi connectivity index (χ4n) is 1.99. The highest BCUT2D eigenvalue weighted by atomic mass is 19.4. The first-order valence-electron chi connectivity index (χ1n) is 6.19. The summed E-state index contributed by atoms with van der Waals surface area (Å²) >= 11 is 0. The lowest BCUT2D eigenvalue weighted by molar-refractivity contribution is -0.150. The van der Waals surface area contributed by atoms with E-state index in [9.17, 15) is 22.8 Å². The number of aliphatic carboxylic acids is 1. The van der Waals surface area contributed by atoms with Gasteiger partial charge in [0.15, 0.2) is 0 Å². The summed E-state index contributed by atoms with van der Waals surface area (Å²) in [7, 11) is 0. The number of hydrogen-bond donors (Lipinski definition) is 2. The topological polar surface area (TPSA) is 81.1 Å². The zero-order valence-corrected chi connectivity index (χ0v) is 10.8. The molecule has 2 amide bonds. The maximum absolute atomic E-state index is 12.4. The largest absolute Gasteiger partial charge is 0.480 e. The van der Waals surface area contributed by atoms with Crippen LogP contribution in [0.4, 0.5) is 18.0 Å². The summed E-state index contributed by atoms with van der Waals surface area (Å²) in [6.45, 7) is -3.12. The van der Waals surface area contributed by atoms with Crippen molar-refractivity contribution in [2.24, 2.45) is 0 Å². The summed E-state index contributed by atoms with van der Waals surface area (Å²) in [5.74, 6) is -1.51. The van der Waals surface area contributed by atoms with Crippen LogP contribution in [0.15, 0.2) is 0 Å². The highest BCUT2D eigenvalue weighted by Crippen LogP contribution is 2.26. The minimum Gasteiger partial charge on any atom is -0.480 e. The molecule has 0 aliphatic heterocycles. The van der Waals surface area contributed by atoms with E-state index in [4.69, 9.17) is 10.2 Å². The molecule has 1 rings (SSSR count). The maximum atomic E-state index is 12.4.